The highest BCUT2D eigenvalue weighted by molar-refractivity contribution is 7.79. The number of nitrogens with zero attached hydrogens (tertiary/aromatic N) is 1. The molecule has 0 atom stereocenters. The Morgan fingerprint density at radius 3 is 2.35 bits per heavy atom. The van der Waals surface area contributed by atoms with Crippen molar-refractivity contribution in [3.8, 4) is 5.75 Å². The number of aryl methyl sites for hydroxylation is 1. The summed E-state index contributed by atoms with van der Waals surface area (Å²) in [6, 6.07) is 8.09. The van der Waals surface area contributed by atoms with Crippen LogP contribution in [-0.4, -0.2) is 4.98 Å². The normalized spacial score (nSPS) is 11.7. The molecule has 0 aliphatic heterocycles. The van der Waals surface area contributed by atoms with Crippen molar-refractivity contribution >= 4 is 24.0 Å². The maximum Gasteiger partial charge on any atom is 0.140 e. The van der Waals surface area contributed by atoms with E-state index in [2.05, 4.69) is 52.5 Å². The highest BCUT2D eigenvalue weighted by Crippen LogP contribution is 2.31. The van der Waals surface area contributed by atoms with Crippen molar-refractivity contribution in [1.29, 1.82) is 0 Å². The number of rotatable bonds is 4. The van der Waals surface area contributed by atoms with Crippen LogP contribution in [0.15, 0.2) is 24.3 Å². The lowest BCUT2D eigenvalue weighted by Crippen LogP contribution is -2.14. The molecule has 0 saturated heterocycles. The Hall–Kier alpha value is -1.00. The fourth-order valence-corrected chi connectivity index (χ4v) is 3.33. The molecule has 1 aromatic heterocycles. The number of benzene rings is 1. The molecule has 2 rings (SSSR count). The van der Waals surface area contributed by atoms with Crippen molar-refractivity contribution in [2.45, 2.75) is 45.5 Å². The third-order valence-corrected chi connectivity index (χ3v) is 4.54. The molecular formula is C16H21NOS2. The van der Waals surface area contributed by atoms with E-state index in [1.165, 1.54) is 10.4 Å². The summed E-state index contributed by atoms with van der Waals surface area (Å²) >= 11 is 6.10. The summed E-state index contributed by atoms with van der Waals surface area (Å²) in [5, 5.41) is 1.01. The van der Waals surface area contributed by atoms with E-state index >= 15 is 0 Å². The van der Waals surface area contributed by atoms with Gasteiger partial charge in [0.25, 0.3) is 0 Å². The van der Waals surface area contributed by atoms with Crippen LogP contribution in [0.2, 0.25) is 0 Å². The number of ether oxygens (including phenoxy) is 1. The van der Waals surface area contributed by atoms with Crippen LogP contribution in [0, 0.1) is 6.92 Å². The second-order valence-electron chi connectivity index (χ2n) is 5.89. The van der Waals surface area contributed by atoms with Crippen molar-refractivity contribution in [1.82, 2.24) is 4.98 Å². The molecule has 0 aliphatic rings. The van der Waals surface area contributed by atoms with Crippen LogP contribution in [0.3, 0.4) is 0 Å². The average molecular weight is 307 g/mol. The van der Waals surface area contributed by atoms with Gasteiger partial charge in [-0.3, -0.25) is 0 Å². The van der Waals surface area contributed by atoms with Gasteiger partial charge in [-0.2, -0.15) is 12.6 Å². The largest absolute Gasteiger partial charge is 0.486 e. The Morgan fingerprint density at radius 1 is 1.20 bits per heavy atom. The number of thiol groups is 1. The maximum atomic E-state index is 5.80. The summed E-state index contributed by atoms with van der Waals surface area (Å²) in [6.07, 6.45) is 0. The van der Waals surface area contributed by atoms with E-state index in [1.807, 2.05) is 12.1 Å². The molecule has 0 amide bonds. The van der Waals surface area contributed by atoms with Gasteiger partial charge in [-0.1, -0.05) is 38.5 Å². The SMILES string of the molecule is Cc1ccc(OCc2nc(C(C)(C)C)c(CS)s2)cc1. The van der Waals surface area contributed by atoms with Crippen LogP contribution in [0.4, 0.5) is 0 Å². The monoisotopic (exact) mass is 307 g/mol. The fraction of sp³-hybridized carbons (Fsp3) is 0.438. The van der Waals surface area contributed by atoms with Gasteiger partial charge in [0.15, 0.2) is 0 Å². The van der Waals surface area contributed by atoms with Gasteiger partial charge in [0, 0.05) is 16.0 Å². The first-order valence-corrected chi connectivity index (χ1v) is 8.14. The molecule has 1 heterocycles. The summed E-state index contributed by atoms with van der Waals surface area (Å²) in [5.41, 5.74) is 2.43. The van der Waals surface area contributed by atoms with Crippen LogP contribution in [0.25, 0.3) is 0 Å². The molecule has 1 aromatic carbocycles. The minimum Gasteiger partial charge on any atom is -0.486 e. The molecule has 0 spiro atoms. The molecular weight excluding hydrogens is 286 g/mol. The second kappa shape index (κ2) is 6.19. The van der Waals surface area contributed by atoms with E-state index in [1.54, 1.807) is 11.3 Å². The highest BCUT2D eigenvalue weighted by Gasteiger charge is 2.22. The van der Waals surface area contributed by atoms with Crippen molar-refractivity contribution in [2.75, 3.05) is 0 Å². The molecule has 108 valence electrons. The van der Waals surface area contributed by atoms with Gasteiger partial charge >= 0.3 is 0 Å². The number of thiazole rings is 1. The molecule has 0 bridgehead atoms. The zero-order valence-electron chi connectivity index (χ0n) is 12.4. The maximum absolute atomic E-state index is 5.80. The smallest absolute Gasteiger partial charge is 0.140 e. The fourth-order valence-electron chi connectivity index (χ4n) is 1.93. The lowest BCUT2D eigenvalue weighted by Gasteiger charge is -2.16. The van der Waals surface area contributed by atoms with E-state index in [0.29, 0.717) is 6.61 Å². The van der Waals surface area contributed by atoms with E-state index < -0.39 is 0 Å². The predicted molar refractivity (Wildman–Crippen MR) is 89.0 cm³/mol. The summed E-state index contributed by atoms with van der Waals surface area (Å²) in [4.78, 5) is 5.97. The van der Waals surface area contributed by atoms with Gasteiger partial charge in [0.05, 0.1) is 5.69 Å². The first-order valence-electron chi connectivity index (χ1n) is 6.69. The first kappa shape index (κ1) is 15.4. The average Bonchev–Trinajstić information content (AvgIpc) is 2.81. The highest BCUT2D eigenvalue weighted by atomic mass is 32.1. The zero-order chi connectivity index (χ0) is 14.8. The number of aromatic nitrogens is 1. The lowest BCUT2D eigenvalue weighted by molar-refractivity contribution is 0.305. The summed E-state index contributed by atoms with van der Waals surface area (Å²) < 4.78 is 5.80. The van der Waals surface area contributed by atoms with Crippen LogP contribution in [-0.2, 0) is 17.8 Å². The van der Waals surface area contributed by atoms with Gasteiger partial charge in [-0.05, 0) is 19.1 Å². The summed E-state index contributed by atoms with van der Waals surface area (Å²) in [5.74, 6) is 1.62. The number of hydrogen-bond donors (Lipinski definition) is 1. The standard InChI is InChI=1S/C16H21NOS2/c1-11-5-7-12(8-6-11)18-9-14-17-15(16(2,3)4)13(10-19)20-14/h5-8,19H,9-10H2,1-4H3. The van der Waals surface area contributed by atoms with Crippen molar-refractivity contribution in [3.63, 3.8) is 0 Å². The van der Waals surface area contributed by atoms with Crippen molar-refractivity contribution in [2.24, 2.45) is 0 Å². The molecule has 0 radical (unpaired) electrons. The van der Waals surface area contributed by atoms with Crippen LogP contribution < -0.4 is 4.74 Å². The quantitative estimate of drug-likeness (QED) is 0.823. The molecule has 0 N–H and O–H groups in total. The minimum absolute atomic E-state index is 0.0523. The van der Waals surface area contributed by atoms with Crippen LogP contribution >= 0.6 is 24.0 Å². The Bertz CT molecular complexity index is 567. The van der Waals surface area contributed by atoms with Gasteiger partial charge in [-0.15, -0.1) is 11.3 Å². The third kappa shape index (κ3) is 3.76. The third-order valence-electron chi connectivity index (χ3n) is 2.98. The number of hydrogen-bond acceptors (Lipinski definition) is 4. The second-order valence-corrected chi connectivity index (χ2v) is 7.37. The van der Waals surface area contributed by atoms with Gasteiger partial charge in [0.1, 0.15) is 17.4 Å². The first-order chi connectivity index (χ1) is 9.40. The van der Waals surface area contributed by atoms with E-state index in [4.69, 9.17) is 9.72 Å². The van der Waals surface area contributed by atoms with E-state index in [0.717, 1.165) is 22.2 Å². The Morgan fingerprint density at radius 2 is 1.85 bits per heavy atom. The molecule has 2 nitrogen and oxygen atoms in total. The van der Waals surface area contributed by atoms with Gasteiger partial charge in [0.2, 0.25) is 0 Å². The molecule has 0 aliphatic carbocycles. The van der Waals surface area contributed by atoms with Crippen LogP contribution in [0.1, 0.15) is 41.9 Å². The lowest BCUT2D eigenvalue weighted by atomic mass is 9.91. The molecule has 4 heteroatoms. The molecule has 0 fully saturated rings. The minimum atomic E-state index is 0.0523. The van der Waals surface area contributed by atoms with Crippen molar-refractivity contribution < 1.29 is 4.74 Å². The molecule has 0 saturated carbocycles. The Labute approximate surface area is 130 Å². The zero-order valence-corrected chi connectivity index (χ0v) is 14.1. The van der Waals surface area contributed by atoms with Gasteiger partial charge in [-0.25, -0.2) is 4.98 Å². The topological polar surface area (TPSA) is 22.1 Å². The summed E-state index contributed by atoms with van der Waals surface area (Å²) in [6.45, 7) is 9.13. The Balaban J connectivity index is 2.10. The molecule has 0 unspecified atom stereocenters. The molecule has 2 aromatic rings. The molecule has 20 heavy (non-hydrogen) atoms. The van der Waals surface area contributed by atoms with E-state index in [9.17, 15) is 0 Å². The van der Waals surface area contributed by atoms with Crippen molar-refractivity contribution in [3.05, 3.63) is 45.4 Å². The predicted octanol–water partition coefficient (Wildman–Crippen LogP) is 4.76. The van der Waals surface area contributed by atoms with Crippen LogP contribution in [0.5, 0.6) is 5.75 Å². The Kier molecular flexibility index (Phi) is 4.76. The van der Waals surface area contributed by atoms with Gasteiger partial charge < -0.3 is 4.74 Å². The van der Waals surface area contributed by atoms with E-state index in [-0.39, 0.29) is 5.41 Å². The summed E-state index contributed by atoms with van der Waals surface area (Å²) in [7, 11) is 0.